The van der Waals surface area contributed by atoms with E-state index in [2.05, 4.69) is 38.1 Å². The molecule has 0 N–H and O–H groups in total. The Hall–Kier alpha value is -2.42. The van der Waals surface area contributed by atoms with Gasteiger partial charge in [-0.1, -0.05) is 38.8 Å². The maximum Gasteiger partial charge on any atom is 0.130 e. The van der Waals surface area contributed by atoms with Crippen molar-refractivity contribution in [2.75, 3.05) is 19.8 Å². The van der Waals surface area contributed by atoms with Crippen LogP contribution in [0.1, 0.15) is 50.7 Å². The molecule has 26 heavy (non-hydrogen) atoms. The van der Waals surface area contributed by atoms with Crippen LogP contribution in [-0.2, 0) is 0 Å². The molecular formula is C23H28O3. The molecular weight excluding hydrogens is 324 g/mol. The molecule has 1 heterocycles. The molecule has 0 radical (unpaired) electrons. The molecule has 0 saturated heterocycles. The Balaban J connectivity index is 1.67. The summed E-state index contributed by atoms with van der Waals surface area (Å²) in [4.78, 5) is 0. The molecule has 1 aliphatic rings. The smallest absolute Gasteiger partial charge is 0.130 e. The van der Waals surface area contributed by atoms with Crippen LogP contribution in [0.4, 0.5) is 0 Å². The highest BCUT2D eigenvalue weighted by molar-refractivity contribution is 5.85. The van der Waals surface area contributed by atoms with Crippen molar-refractivity contribution in [2.24, 2.45) is 0 Å². The van der Waals surface area contributed by atoms with Crippen molar-refractivity contribution in [1.82, 2.24) is 0 Å². The van der Waals surface area contributed by atoms with Crippen molar-refractivity contribution in [3.05, 3.63) is 53.6 Å². The summed E-state index contributed by atoms with van der Waals surface area (Å²) in [6.07, 6.45) is 6.63. The third-order valence-corrected chi connectivity index (χ3v) is 4.46. The largest absolute Gasteiger partial charge is 0.494 e. The first kappa shape index (κ1) is 18.4. The number of unbranched alkanes of at least 4 members (excludes halogenated alkanes) is 2. The second-order valence-corrected chi connectivity index (χ2v) is 6.59. The highest BCUT2D eigenvalue weighted by Gasteiger charge is 2.14. The van der Waals surface area contributed by atoms with Gasteiger partial charge in [0.25, 0.3) is 0 Å². The number of hydrogen-bond acceptors (Lipinski definition) is 3. The Morgan fingerprint density at radius 2 is 1.50 bits per heavy atom. The van der Waals surface area contributed by atoms with Crippen molar-refractivity contribution >= 4 is 11.6 Å². The van der Waals surface area contributed by atoms with Gasteiger partial charge in [-0.15, -0.1) is 0 Å². The first-order valence-electron chi connectivity index (χ1n) is 9.63. The van der Waals surface area contributed by atoms with E-state index in [1.165, 1.54) is 11.1 Å². The van der Waals surface area contributed by atoms with Gasteiger partial charge in [-0.05, 0) is 54.3 Å². The quantitative estimate of drug-likeness (QED) is 0.520. The molecule has 3 heteroatoms. The fraction of sp³-hybridized carbons (Fsp3) is 0.391. The molecule has 0 aromatic heterocycles. The van der Waals surface area contributed by atoms with Crippen molar-refractivity contribution in [2.45, 2.75) is 39.5 Å². The summed E-state index contributed by atoms with van der Waals surface area (Å²) in [6, 6.07) is 14.3. The van der Waals surface area contributed by atoms with E-state index in [1.54, 1.807) is 0 Å². The standard InChI is InChI=1S/C23H28O3/c1-3-5-13-24-21-10-7-18(8-11-21)20-15-19-9-12-22(25-14-6-4-2)16-23(19)26-17-20/h7-12,15-16H,3-6,13-14,17H2,1-2H3. The number of rotatable bonds is 9. The molecule has 0 atom stereocenters. The molecule has 2 aromatic rings. The van der Waals surface area contributed by atoms with Crippen molar-refractivity contribution in [3.63, 3.8) is 0 Å². The lowest BCUT2D eigenvalue weighted by molar-refractivity contribution is 0.305. The zero-order chi connectivity index (χ0) is 18.2. The Morgan fingerprint density at radius 1 is 0.846 bits per heavy atom. The lowest BCUT2D eigenvalue weighted by Gasteiger charge is -2.19. The molecule has 0 fully saturated rings. The van der Waals surface area contributed by atoms with Gasteiger partial charge < -0.3 is 14.2 Å². The van der Waals surface area contributed by atoms with E-state index in [0.717, 1.165) is 61.7 Å². The van der Waals surface area contributed by atoms with Crippen molar-refractivity contribution in [3.8, 4) is 17.2 Å². The molecule has 3 rings (SSSR count). The van der Waals surface area contributed by atoms with E-state index in [0.29, 0.717) is 6.61 Å². The topological polar surface area (TPSA) is 27.7 Å². The molecule has 3 nitrogen and oxygen atoms in total. The third kappa shape index (κ3) is 4.81. The maximum absolute atomic E-state index is 5.97. The fourth-order valence-electron chi connectivity index (χ4n) is 2.83. The van der Waals surface area contributed by atoms with Crippen LogP contribution in [0.15, 0.2) is 42.5 Å². The van der Waals surface area contributed by atoms with Gasteiger partial charge in [0.15, 0.2) is 0 Å². The number of hydrogen-bond donors (Lipinski definition) is 0. The Labute approximate surface area is 156 Å². The molecule has 0 amide bonds. The van der Waals surface area contributed by atoms with Gasteiger partial charge in [0.2, 0.25) is 0 Å². The van der Waals surface area contributed by atoms with Gasteiger partial charge >= 0.3 is 0 Å². The highest BCUT2D eigenvalue weighted by atomic mass is 16.5. The molecule has 0 saturated carbocycles. The average Bonchev–Trinajstić information content (AvgIpc) is 2.68. The normalized spacial score (nSPS) is 12.8. The molecule has 138 valence electrons. The molecule has 1 aliphatic heterocycles. The molecule has 0 aliphatic carbocycles. The number of ether oxygens (including phenoxy) is 3. The molecule has 0 bridgehead atoms. The third-order valence-electron chi connectivity index (χ3n) is 4.46. The van der Waals surface area contributed by atoms with Crippen LogP contribution < -0.4 is 14.2 Å². The van der Waals surface area contributed by atoms with E-state index < -0.39 is 0 Å². The zero-order valence-electron chi connectivity index (χ0n) is 15.8. The van der Waals surface area contributed by atoms with Crippen LogP contribution in [0.3, 0.4) is 0 Å². The maximum atomic E-state index is 5.97. The monoisotopic (exact) mass is 352 g/mol. The lowest BCUT2D eigenvalue weighted by Crippen LogP contribution is -2.07. The summed E-state index contributed by atoms with van der Waals surface area (Å²) < 4.78 is 17.5. The Morgan fingerprint density at radius 3 is 2.19 bits per heavy atom. The van der Waals surface area contributed by atoms with Gasteiger partial charge in [0, 0.05) is 11.6 Å². The van der Waals surface area contributed by atoms with E-state index in [4.69, 9.17) is 14.2 Å². The zero-order valence-corrected chi connectivity index (χ0v) is 15.8. The summed E-state index contributed by atoms with van der Waals surface area (Å²) in [5.41, 5.74) is 3.44. The van der Waals surface area contributed by atoms with Gasteiger partial charge in [0.05, 0.1) is 13.2 Å². The fourth-order valence-corrected chi connectivity index (χ4v) is 2.83. The SMILES string of the molecule is CCCCOc1ccc(C2=Cc3ccc(OCCCC)cc3OC2)cc1. The second-order valence-electron chi connectivity index (χ2n) is 6.59. The summed E-state index contributed by atoms with van der Waals surface area (Å²) in [5, 5.41) is 0. The average molecular weight is 352 g/mol. The summed E-state index contributed by atoms with van der Waals surface area (Å²) >= 11 is 0. The minimum Gasteiger partial charge on any atom is -0.494 e. The van der Waals surface area contributed by atoms with Crippen LogP contribution in [0.25, 0.3) is 11.6 Å². The van der Waals surface area contributed by atoms with E-state index in [1.807, 2.05) is 24.3 Å². The van der Waals surface area contributed by atoms with E-state index in [-0.39, 0.29) is 0 Å². The molecule has 2 aromatic carbocycles. The minimum atomic E-state index is 0.571. The minimum absolute atomic E-state index is 0.571. The highest BCUT2D eigenvalue weighted by Crippen LogP contribution is 2.33. The van der Waals surface area contributed by atoms with Crippen molar-refractivity contribution in [1.29, 1.82) is 0 Å². The second kappa shape index (κ2) is 9.33. The molecule has 0 unspecified atom stereocenters. The first-order chi connectivity index (χ1) is 12.8. The first-order valence-corrected chi connectivity index (χ1v) is 9.63. The van der Waals surface area contributed by atoms with Gasteiger partial charge in [-0.25, -0.2) is 0 Å². The van der Waals surface area contributed by atoms with E-state index in [9.17, 15) is 0 Å². The van der Waals surface area contributed by atoms with Crippen LogP contribution in [-0.4, -0.2) is 19.8 Å². The van der Waals surface area contributed by atoms with Gasteiger partial charge in [0.1, 0.15) is 23.9 Å². The van der Waals surface area contributed by atoms with Gasteiger partial charge in [-0.2, -0.15) is 0 Å². The van der Waals surface area contributed by atoms with Crippen LogP contribution in [0, 0.1) is 0 Å². The summed E-state index contributed by atoms with van der Waals surface area (Å²) in [5.74, 6) is 2.69. The van der Waals surface area contributed by atoms with Crippen molar-refractivity contribution < 1.29 is 14.2 Å². The van der Waals surface area contributed by atoms with Crippen LogP contribution in [0.2, 0.25) is 0 Å². The predicted octanol–water partition coefficient (Wildman–Crippen LogP) is 5.98. The lowest BCUT2D eigenvalue weighted by atomic mass is 10.0. The summed E-state index contributed by atoms with van der Waals surface area (Å²) in [6.45, 7) is 6.43. The molecule has 0 spiro atoms. The summed E-state index contributed by atoms with van der Waals surface area (Å²) in [7, 11) is 0. The van der Waals surface area contributed by atoms with Crippen LogP contribution in [0.5, 0.6) is 17.2 Å². The van der Waals surface area contributed by atoms with Crippen LogP contribution >= 0.6 is 0 Å². The number of fused-ring (bicyclic) bond motifs is 1. The Bertz CT molecular complexity index is 732. The van der Waals surface area contributed by atoms with E-state index >= 15 is 0 Å². The number of benzene rings is 2. The predicted molar refractivity (Wildman–Crippen MR) is 107 cm³/mol. The van der Waals surface area contributed by atoms with Gasteiger partial charge in [-0.3, -0.25) is 0 Å². The Kier molecular flexibility index (Phi) is 6.59.